The zero-order valence-electron chi connectivity index (χ0n) is 31.1. The van der Waals surface area contributed by atoms with Crippen LogP contribution in [0.1, 0.15) is 62.5 Å². The number of nitrogens with one attached hydrogen (secondary N) is 1. The van der Waals surface area contributed by atoms with Crippen molar-refractivity contribution in [2.45, 2.75) is 92.2 Å². The highest BCUT2D eigenvalue weighted by molar-refractivity contribution is 5.93. The first-order chi connectivity index (χ1) is 26.2. The van der Waals surface area contributed by atoms with Gasteiger partial charge in [0.2, 0.25) is 0 Å². The molecule has 0 amide bonds. The number of hydrogen-bond donors (Lipinski definition) is 2. The summed E-state index contributed by atoms with van der Waals surface area (Å²) in [5.41, 5.74) is 3.18. The molecule has 2 aromatic rings. The Kier molecular flexibility index (Phi) is 5.64. The van der Waals surface area contributed by atoms with E-state index in [-0.39, 0.29) is 63.8 Å². The number of aliphatic hydroxyl groups is 1. The number of esters is 2. The Labute approximate surface area is 314 Å². The first-order valence-corrected chi connectivity index (χ1v) is 20.4. The molecule has 11 atom stereocenters. The summed E-state index contributed by atoms with van der Waals surface area (Å²) in [6.45, 7) is 4.80. The van der Waals surface area contributed by atoms with E-state index in [4.69, 9.17) is 18.9 Å². The summed E-state index contributed by atoms with van der Waals surface area (Å²) in [5, 5.41) is 17.8. The fraction of sp³-hybridized carbons (Fsp3) is 0.628. The van der Waals surface area contributed by atoms with Crippen LogP contribution in [0.25, 0.3) is 0 Å². The minimum Gasteiger partial charge on any atom is -0.495 e. The summed E-state index contributed by atoms with van der Waals surface area (Å²) in [5.74, 6) is 0.318. The van der Waals surface area contributed by atoms with Crippen LogP contribution < -0.4 is 15.0 Å². The summed E-state index contributed by atoms with van der Waals surface area (Å²) in [6.07, 6.45) is 5.69. The summed E-state index contributed by atoms with van der Waals surface area (Å²) in [4.78, 5) is 35.2. The van der Waals surface area contributed by atoms with Gasteiger partial charge in [-0.3, -0.25) is 14.6 Å². The number of methoxy groups -OCH3 is 2. The van der Waals surface area contributed by atoms with E-state index >= 15 is 0 Å². The second-order valence-electron chi connectivity index (χ2n) is 19.0. The van der Waals surface area contributed by atoms with Crippen molar-refractivity contribution in [1.29, 1.82) is 0 Å². The number of ether oxygens (including phenoxy) is 4. The van der Waals surface area contributed by atoms with Gasteiger partial charge in [0.1, 0.15) is 11.9 Å². The lowest BCUT2D eigenvalue weighted by Gasteiger charge is -2.70. The lowest BCUT2D eigenvalue weighted by molar-refractivity contribution is -0.232. The number of benzene rings is 2. The molecule has 11 nitrogen and oxygen atoms in total. The number of rotatable bonds is 2. The highest BCUT2D eigenvalue weighted by Crippen LogP contribution is 2.77. The third kappa shape index (κ3) is 3.06. The minimum atomic E-state index is -1.16. The Hall–Kier alpha value is -3.64. The van der Waals surface area contributed by atoms with Gasteiger partial charge in [-0.1, -0.05) is 30.3 Å². The van der Waals surface area contributed by atoms with Crippen molar-refractivity contribution < 1.29 is 33.6 Å². The molecule has 11 unspecified atom stereocenters. The lowest BCUT2D eigenvalue weighted by atomic mass is 9.43. The first kappa shape index (κ1) is 31.6. The van der Waals surface area contributed by atoms with Gasteiger partial charge in [0, 0.05) is 71.9 Å². The van der Waals surface area contributed by atoms with E-state index in [1.54, 1.807) is 7.11 Å². The van der Waals surface area contributed by atoms with Crippen LogP contribution in [-0.4, -0.2) is 110 Å². The molecule has 2 aliphatic carbocycles. The average Bonchev–Trinajstić information content (AvgIpc) is 4.02. The Morgan fingerprint density at radius 1 is 0.926 bits per heavy atom. The predicted octanol–water partition coefficient (Wildman–Crippen LogP) is 3.69. The number of fused-ring (bicyclic) bond motifs is 4. The maximum absolute atomic E-state index is 14.0. The molecule has 2 aromatic carbocycles. The monoisotopic (exact) mass is 732 g/mol. The predicted molar refractivity (Wildman–Crippen MR) is 196 cm³/mol. The number of anilines is 2. The van der Waals surface area contributed by atoms with Crippen molar-refractivity contribution in [3.05, 3.63) is 64.9 Å². The van der Waals surface area contributed by atoms with Crippen molar-refractivity contribution in [3.8, 4) is 5.75 Å². The molecule has 9 heterocycles. The van der Waals surface area contributed by atoms with E-state index < -0.39 is 11.1 Å². The Morgan fingerprint density at radius 3 is 2.65 bits per heavy atom. The smallest absolute Gasteiger partial charge is 0.335 e. The summed E-state index contributed by atoms with van der Waals surface area (Å²) >= 11 is 0. The van der Waals surface area contributed by atoms with Gasteiger partial charge in [-0.2, -0.15) is 0 Å². The van der Waals surface area contributed by atoms with Crippen molar-refractivity contribution in [1.82, 2.24) is 9.80 Å². The van der Waals surface area contributed by atoms with E-state index in [2.05, 4.69) is 62.5 Å². The molecule has 11 aliphatic rings. The molecule has 5 spiro atoms. The van der Waals surface area contributed by atoms with Crippen molar-refractivity contribution >= 4 is 23.3 Å². The van der Waals surface area contributed by atoms with E-state index in [9.17, 15) is 14.7 Å². The fourth-order valence-electron chi connectivity index (χ4n) is 16.7. The summed E-state index contributed by atoms with van der Waals surface area (Å²) < 4.78 is 25.3. The zero-order chi connectivity index (χ0) is 36.2. The van der Waals surface area contributed by atoms with E-state index in [0.29, 0.717) is 26.0 Å². The number of piperidine rings is 3. The van der Waals surface area contributed by atoms with Crippen LogP contribution in [0.15, 0.2) is 53.7 Å². The molecular formula is C43H48N4O7. The van der Waals surface area contributed by atoms with Crippen LogP contribution in [0.5, 0.6) is 5.75 Å². The topological polar surface area (TPSA) is 113 Å². The SMILES string of the molecule is COC(=O)C1=C2Nc3ccccc3C23CCN2CC4(CC5CC67CC(=O)OC6CCN6CCC8(c9cccc(OC)c9N(C4)C58O)C67)C4OCCC4(C1)C23. The van der Waals surface area contributed by atoms with E-state index in [1.165, 1.54) is 18.2 Å². The molecule has 282 valence electrons. The van der Waals surface area contributed by atoms with Crippen molar-refractivity contribution in [2.24, 2.45) is 22.2 Å². The minimum absolute atomic E-state index is 0.00376. The van der Waals surface area contributed by atoms with Gasteiger partial charge in [0.05, 0.1) is 48.8 Å². The Balaban J connectivity index is 1.03. The molecular weight excluding hydrogens is 684 g/mol. The van der Waals surface area contributed by atoms with Crippen LogP contribution in [0.2, 0.25) is 0 Å². The lowest BCUT2D eigenvalue weighted by Crippen LogP contribution is -2.81. The molecule has 0 aromatic heterocycles. The Morgan fingerprint density at radius 2 is 1.78 bits per heavy atom. The van der Waals surface area contributed by atoms with Gasteiger partial charge in [-0.25, -0.2) is 4.79 Å². The normalized spacial score (nSPS) is 46.8. The third-order valence-corrected chi connectivity index (χ3v) is 17.6. The van der Waals surface area contributed by atoms with Gasteiger partial charge < -0.3 is 34.3 Å². The highest BCUT2D eigenvalue weighted by atomic mass is 16.6. The van der Waals surface area contributed by atoms with Gasteiger partial charge >= 0.3 is 11.9 Å². The fourth-order valence-corrected chi connectivity index (χ4v) is 16.7. The van der Waals surface area contributed by atoms with Crippen LogP contribution in [0.4, 0.5) is 11.4 Å². The summed E-state index contributed by atoms with van der Waals surface area (Å²) in [6, 6.07) is 15.2. The van der Waals surface area contributed by atoms with E-state index in [0.717, 1.165) is 93.1 Å². The van der Waals surface area contributed by atoms with Crippen LogP contribution >= 0.6 is 0 Å². The molecule has 0 radical (unpaired) electrons. The maximum Gasteiger partial charge on any atom is 0.335 e. The molecule has 9 aliphatic heterocycles. The standard InChI is InChI=1S/C43H48N4O7/c1-51-29-9-5-7-27-32(29)47-23-38(18-24-19-40-21-31(48)54-30(40)10-14-45-16-12-42(27,36(40)45)43(24,47)50)22-46-15-11-41-26-6-3-4-8-28(26)44-33(41)25(34(49)52-2)20-39(35(41)46)13-17-53-37(38)39/h3-9,24,30,35-37,44,50H,10-23H2,1-2H3. The second kappa shape index (κ2) is 9.65. The second-order valence-corrected chi connectivity index (χ2v) is 19.0. The molecule has 13 rings (SSSR count). The molecule has 54 heavy (non-hydrogen) atoms. The van der Waals surface area contributed by atoms with E-state index in [1.807, 2.05) is 0 Å². The zero-order valence-corrected chi connectivity index (χ0v) is 31.1. The van der Waals surface area contributed by atoms with Crippen LogP contribution in [-0.2, 0) is 34.6 Å². The molecule has 1 saturated carbocycles. The first-order valence-electron chi connectivity index (χ1n) is 20.4. The number of carbonyl (C=O) groups excluding carboxylic acids is 2. The number of para-hydroxylation sites is 2. The summed E-state index contributed by atoms with van der Waals surface area (Å²) in [7, 11) is 3.25. The van der Waals surface area contributed by atoms with Gasteiger partial charge in [-0.15, -0.1) is 0 Å². The molecule has 7 saturated heterocycles. The van der Waals surface area contributed by atoms with Gasteiger partial charge in [0.25, 0.3) is 0 Å². The van der Waals surface area contributed by atoms with Crippen molar-refractivity contribution in [2.75, 3.05) is 63.8 Å². The number of carbonyl (C=O) groups is 2. The van der Waals surface area contributed by atoms with Gasteiger partial charge in [0.15, 0.2) is 5.72 Å². The quantitative estimate of drug-likeness (QED) is 0.442. The van der Waals surface area contributed by atoms with Crippen LogP contribution in [0, 0.1) is 22.2 Å². The highest BCUT2D eigenvalue weighted by Gasteiger charge is 2.84. The molecule has 11 heteroatoms. The molecule has 2 N–H and O–H groups in total. The molecule has 0 bridgehead atoms. The Bertz CT molecular complexity index is 2140. The maximum atomic E-state index is 14.0. The average molecular weight is 733 g/mol. The third-order valence-electron chi connectivity index (χ3n) is 17.6. The number of hydrogen-bond acceptors (Lipinski definition) is 11. The van der Waals surface area contributed by atoms with Crippen molar-refractivity contribution in [3.63, 3.8) is 0 Å². The molecule has 8 fully saturated rings. The largest absolute Gasteiger partial charge is 0.495 e. The number of nitrogens with zero attached hydrogens (tertiary/aromatic N) is 3. The van der Waals surface area contributed by atoms with Crippen LogP contribution in [0.3, 0.4) is 0 Å². The van der Waals surface area contributed by atoms with Gasteiger partial charge in [-0.05, 0) is 81.3 Å².